The summed E-state index contributed by atoms with van der Waals surface area (Å²) >= 11 is 14.0. The first-order chi connectivity index (χ1) is 17.0. The average molecular weight is 530 g/mol. The topological polar surface area (TPSA) is 47.6 Å². The van der Waals surface area contributed by atoms with Crippen LogP contribution in [-0.4, -0.2) is 48.9 Å². The molecule has 3 aromatic carbocycles. The highest BCUT2D eigenvalue weighted by Gasteiger charge is 2.30. The van der Waals surface area contributed by atoms with E-state index >= 15 is 0 Å². The van der Waals surface area contributed by atoms with Gasteiger partial charge in [-0.05, 0) is 49.0 Å². The Kier molecular flexibility index (Phi) is 8.52. The molecule has 184 valence electrons. The van der Waals surface area contributed by atoms with Gasteiger partial charge in [0.05, 0.1) is 5.69 Å². The Bertz CT molecular complexity index is 1300. The molecule has 1 aliphatic heterocycles. The number of hydrogen-bond acceptors (Lipinski definition) is 5. The summed E-state index contributed by atoms with van der Waals surface area (Å²) in [7, 11) is 2.11. The maximum absolute atomic E-state index is 13.5. The minimum Gasteiger partial charge on any atom is -0.304 e. The van der Waals surface area contributed by atoms with E-state index in [9.17, 15) is 4.79 Å². The van der Waals surface area contributed by atoms with Gasteiger partial charge in [0.2, 0.25) is 0 Å². The van der Waals surface area contributed by atoms with Crippen LogP contribution in [0.15, 0.2) is 60.7 Å². The lowest BCUT2D eigenvalue weighted by molar-refractivity contribution is -0.126. The van der Waals surface area contributed by atoms with Gasteiger partial charge in [-0.15, -0.1) is 11.3 Å². The second-order valence-corrected chi connectivity index (χ2v) is 10.3. The average Bonchev–Trinajstić information content (AvgIpc) is 3.23. The Morgan fingerprint density at radius 3 is 2.26 bits per heavy atom. The van der Waals surface area contributed by atoms with Gasteiger partial charge in [0.15, 0.2) is 0 Å². The van der Waals surface area contributed by atoms with E-state index in [1.54, 1.807) is 29.5 Å². The molecule has 4 aromatic rings. The summed E-state index contributed by atoms with van der Waals surface area (Å²) in [4.78, 5) is 18.0. The standard InChI is InChI=1S/C25H24Cl2N4OS.C2H6/c1-30-8-10-31(11-9-30)24(25(32)29-28-19-14-17(26)13-18(27)15-19)16-6-7-23-21(12-16)20-4-2-3-5-22(20)33-23;1-2/h2-7,12-15,24,28H,8-11H2,1H3,(H,29,32);1-2H3. The molecule has 1 amide bonds. The minimum absolute atomic E-state index is 0.116. The van der Waals surface area contributed by atoms with Crippen LogP contribution in [0.2, 0.25) is 10.0 Å². The number of hydrogen-bond donors (Lipinski definition) is 2. The van der Waals surface area contributed by atoms with Gasteiger partial charge in [-0.3, -0.25) is 20.5 Å². The molecule has 1 atom stereocenters. The van der Waals surface area contributed by atoms with Crippen molar-refractivity contribution in [3.8, 4) is 0 Å². The molecule has 5 nitrogen and oxygen atoms in total. The third kappa shape index (κ3) is 5.90. The highest BCUT2D eigenvalue weighted by molar-refractivity contribution is 7.25. The maximum Gasteiger partial charge on any atom is 0.260 e. The molecule has 0 aliphatic carbocycles. The summed E-state index contributed by atoms with van der Waals surface area (Å²) in [5, 5.41) is 3.42. The van der Waals surface area contributed by atoms with E-state index in [-0.39, 0.29) is 5.91 Å². The Balaban J connectivity index is 0.00000141. The zero-order valence-corrected chi connectivity index (χ0v) is 22.5. The summed E-state index contributed by atoms with van der Waals surface area (Å²) in [6.07, 6.45) is 0. The predicted molar refractivity (Wildman–Crippen MR) is 151 cm³/mol. The van der Waals surface area contributed by atoms with Gasteiger partial charge < -0.3 is 4.90 Å². The summed E-state index contributed by atoms with van der Waals surface area (Å²) in [5.41, 5.74) is 7.48. The van der Waals surface area contributed by atoms with Crippen LogP contribution >= 0.6 is 34.5 Å². The first-order valence-electron chi connectivity index (χ1n) is 11.8. The van der Waals surface area contributed by atoms with Crippen LogP contribution in [0.5, 0.6) is 0 Å². The number of halogens is 2. The summed E-state index contributed by atoms with van der Waals surface area (Å²) in [5.74, 6) is -0.116. The van der Waals surface area contributed by atoms with E-state index in [1.807, 2.05) is 13.8 Å². The zero-order chi connectivity index (χ0) is 24.9. The molecule has 0 saturated carbocycles. The predicted octanol–water partition coefficient (Wildman–Crippen LogP) is 6.82. The smallest absolute Gasteiger partial charge is 0.260 e. The van der Waals surface area contributed by atoms with Crippen molar-refractivity contribution < 1.29 is 4.79 Å². The largest absolute Gasteiger partial charge is 0.304 e. The molecule has 5 rings (SSSR count). The molecule has 1 aromatic heterocycles. The van der Waals surface area contributed by atoms with Crippen LogP contribution in [0.25, 0.3) is 20.2 Å². The number of likely N-dealkylation sites (N-methyl/N-ethyl adjacent to an activating group) is 1. The molecule has 0 radical (unpaired) electrons. The SMILES string of the molecule is CC.CN1CCN(C(C(=O)NNc2cc(Cl)cc(Cl)c2)c2ccc3sc4ccccc4c3c2)CC1. The van der Waals surface area contributed by atoms with Crippen molar-refractivity contribution in [2.45, 2.75) is 19.9 Å². The highest BCUT2D eigenvalue weighted by atomic mass is 35.5. The molecule has 2 heterocycles. The molecule has 35 heavy (non-hydrogen) atoms. The monoisotopic (exact) mass is 528 g/mol. The Morgan fingerprint density at radius 1 is 0.886 bits per heavy atom. The third-order valence-electron chi connectivity index (χ3n) is 6.06. The van der Waals surface area contributed by atoms with E-state index in [1.165, 1.54) is 20.2 Å². The molecule has 1 unspecified atom stereocenters. The molecule has 1 fully saturated rings. The maximum atomic E-state index is 13.5. The Labute approximate surface area is 220 Å². The van der Waals surface area contributed by atoms with Gasteiger partial charge in [0, 0.05) is 56.4 Å². The number of piperazine rings is 1. The number of thiophene rings is 1. The second kappa shape index (κ2) is 11.6. The quantitative estimate of drug-likeness (QED) is 0.279. The first-order valence-corrected chi connectivity index (χ1v) is 13.4. The van der Waals surface area contributed by atoms with Gasteiger partial charge in [-0.25, -0.2) is 0 Å². The fourth-order valence-corrected chi connectivity index (χ4v) is 5.96. The van der Waals surface area contributed by atoms with Gasteiger partial charge in [-0.2, -0.15) is 0 Å². The Hall–Kier alpha value is -2.35. The number of anilines is 1. The van der Waals surface area contributed by atoms with Crippen LogP contribution in [0.4, 0.5) is 5.69 Å². The van der Waals surface area contributed by atoms with Crippen molar-refractivity contribution in [1.29, 1.82) is 0 Å². The number of nitrogens with zero attached hydrogens (tertiary/aromatic N) is 2. The van der Waals surface area contributed by atoms with E-state index < -0.39 is 6.04 Å². The van der Waals surface area contributed by atoms with Gasteiger partial charge in [0.1, 0.15) is 6.04 Å². The van der Waals surface area contributed by atoms with Crippen LogP contribution in [0, 0.1) is 0 Å². The minimum atomic E-state index is -0.413. The van der Waals surface area contributed by atoms with E-state index in [4.69, 9.17) is 23.2 Å². The molecule has 2 N–H and O–H groups in total. The van der Waals surface area contributed by atoms with Crippen molar-refractivity contribution in [3.05, 3.63) is 76.3 Å². The van der Waals surface area contributed by atoms with E-state index in [2.05, 4.69) is 70.2 Å². The number of nitrogens with one attached hydrogen (secondary N) is 2. The lowest BCUT2D eigenvalue weighted by Gasteiger charge is -2.37. The molecule has 0 bridgehead atoms. The van der Waals surface area contributed by atoms with Gasteiger partial charge in [0.25, 0.3) is 5.91 Å². The summed E-state index contributed by atoms with van der Waals surface area (Å²) in [6.45, 7) is 7.48. The third-order valence-corrected chi connectivity index (χ3v) is 7.65. The number of carbonyl (C=O) groups is 1. The number of carbonyl (C=O) groups excluding carboxylic acids is 1. The lowest BCUT2D eigenvalue weighted by atomic mass is 10.0. The van der Waals surface area contributed by atoms with Crippen LogP contribution < -0.4 is 10.9 Å². The fraction of sp³-hybridized carbons (Fsp3) is 0.296. The molecule has 1 saturated heterocycles. The summed E-state index contributed by atoms with van der Waals surface area (Å²) < 4.78 is 2.48. The number of hydrazine groups is 1. The Morgan fingerprint density at radius 2 is 1.54 bits per heavy atom. The number of fused-ring (bicyclic) bond motifs is 3. The van der Waals surface area contributed by atoms with Crippen molar-refractivity contribution in [2.75, 3.05) is 38.7 Å². The van der Waals surface area contributed by atoms with E-state index in [0.29, 0.717) is 15.7 Å². The highest BCUT2D eigenvalue weighted by Crippen LogP contribution is 2.36. The zero-order valence-electron chi connectivity index (χ0n) is 20.1. The summed E-state index contributed by atoms with van der Waals surface area (Å²) in [6, 6.07) is 19.5. The number of amides is 1. The van der Waals surface area contributed by atoms with Crippen LogP contribution in [0.3, 0.4) is 0 Å². The van der Waals surface area contributed by atoms with Gasteiger partial charge in [-0.1, -0.05) is 61.3 Å². The van der Waals surface area contributed by atoms with Crippen LogP contribution in [0.1, 0.15) is 25.5 Å². The fourth-order valence-electron chi connectivity index (χ4n) is 4.35. The second-order valence-electron chi connectivity index (χ2n) is 8.37. The molecule has 8 heteroatoms. The van der Waals surface area contributed by atoms with Crippen molar-refractivity contribution in [1.82, 2.24) is 15.2 Å². The van der Waals surface area contributed by atoms with Crippen molar-refractivity contribution in [2.24, 2.45) is 0 Å². The molecule has 0 spiro atoms. The van der Waals surface area contributed by atoms with Gasteiger partial charge >= 0.3 is 0 Å². The molecule has 1 aliphatic rings. The van der Waals surface area contributed by atoms with E-state index in [0.717, 1.165) is 31.7 Å². The first kappa shape index (κ1) is 25.7. The molecular formula is C27H30Cl2N4OS. The van der Waals surface area contributed by atoms with Crippen molar-refractivity contribution >= 4 is 66.3 Å². The van der Waals surface area contributed by atoms with Crippen molar-refractivity contribution in [3.63, 3.8) is 0 Å². The van der Waals surface area contributed by atoms with Crippen LogP contribution in [-0.2, 0) is 4.79 Å². The normalized spacial score (nSPS) is 15.5. The lowest BCUT2D eigenvalue weighted by Crippen LogP contribution is -2.50. The molecular weight excluding hydrogens is 499 g/mol. The number of rotatable bonds is 5. The number of benzene rings is 3.